The molecule has 4 nitrogen and oxygen atoms in total. The predicted octanol–water partition coefficient (Wildman–Crippen LogP) is 3.40. The third-order valence-electron chi connectivity index (χ3n) is 3.12. The highest BCUT2D eigenvalue weighted by Crippen LogP contribution is 2.14. The molecule has 1 heterocycles. The second-order valence-electron chi connectivity index (χ2n) is 4.71. The van der Waals surface area contributed by atoms with Crippen molar-refractivity contribution in [2.45, 2.75) is 6.61 Å². The van der Waals surface area contributed by atoms with Crippen LogP contribution in [0.2, 0.25) is 0 Å². The Labute approximate surface area is 126 Å². The first-order valence-electron chi connectivity index (χ1n) is 6.73. The van der Waals surface area contributed by atoms with Gasteiger partial charge in [0.2, 0.25) is 0 Å². The van der Waals surface area contributed by atoms with Gasteiger partial charge in [0.15, 0.2) is 0 Å². The monoisotopic (exact) mass is 296 g/mol. The summed E-state index contributed by atoms with van der Waals surface area (Å²) in [6.45, 7) is 0.294. The Kier molecular flexibility index (Phi) is 3.96. The molecule has 3 aromatic rings. The van der Waals surface area contributed by atoms with Crippen LogP contribution in [0, 0.1) is 5.82 Å². The average molecular weight is 296 g/mol. The molecule has 0 aliphatic heterocycles. The van der Waals surface area contributed by atoms with Crippen LogP contribution in [-0.4, -0.2) is 16.1 Å². The van der Waals surface area contributed by atoms with Crippen molar-refractivity contribution in [3.8, 4) is 11.4 Å². The average Bonchev–Trinajstić information content (AvgIpc) is 3.02. The van der Waals surface area contributed by atoms with E-state index in [1.807, 2.05) is 6.07 Å². The Morgan fingerprint density at radius 1 is 1.14 bits per heavy atom. The van der Waals surface area contributed by atoms with E-state index in [-0.39, 0.29) is 5.82 Å². The number of hydrogen-bond acceptors (Lipinski definition) is 3. The maximum Gasteiger partial charge on any atom is 0.150 e. The van der Waals surface area contributed by atoms with Gasteiger partial charge in [-0.3, -0.25) is 4.79 Å². The summed E-state index contributed by atoms with van der Waals surface area (Å²) in [5.41, 5.74) is 1.98. The molecular weight excluding hydrogens is 283 g/mol. The van der Waals surface area contributed by atoms with E-state index in [9.17, 15) is 9.18 Å². The SMILES string of the molecule is O=Cc1ccc(OCc2ccn(-c3cccc(F)c3)n2)cc1. The lowest BCUT2D eigenvalue weighted by Gasteiger charge is -2.04. The molecular formula is C17H13FN2O2. The smallest absolute Gasteiger partial charge is 0.150 e. The summed E-state index contributed by atoms with van der Waals surface area (Å²) in [6, 6.07) is 14.9. The zero-order valence-electron chi connectivity index (χ0n) is 11.6. The first kappa shape index (κ1) is 14.0. The van der Waals surface area contributed by atoms with Crippen molar-refractivity contribution in [1.82, 2.24) is 9.78 Å². The van der Waals surface area contributed by atoms with Crippen LogP contribution in [0.4, 0.5) is 4.39 Å². The molecule has 5 heteroatoms. The summed E-state index contributed by atoms with van der Waals surface area (Å²) in [6.07, 6.45) is 2.54. The molecule has 0 amide bonds. The number of halogens is 1. The topological polar surface area (TPSA) is 44.1 Å². The molecule has 0 saturated heterocycles. The number of aldehydes is 1. The van der Waals surface area contributed by atoms with E-state index in [1.165, 1.54) is 12.1 Å². The molecule has 0 aliphatic rings. The highest BCUT2D eigenvalue weighted by molar-refractivity contribution is 5.74. The largest absolute Gasteiger partial charge is 0.487 e. The fraction of sp³-hybridized carbons (Fsp3) is 0.0588. The molecule has 0 aliphatic carbocycles. The molecule has 2 aromatic carbocycles. The van der Waals surface area contributed by atoms with Crippen LogP contribution in [0.5, 0.6) is 5.75 Å². The van der Waals surface area contributed by atoms with Gasteiger partial charge in [-0.1, -0.05) is 6.07 Å². The van der Waals surface area contributed by atoms with Gasteiger partial charge in [-0.05, 0) is 48.5 Å². The van der Waals surface area contributed by atoms with Crippen LogP contribution in [-0.2, 0) is 6.61 Å². The zero-order valence-corrected chi connectivity index (χ0v) is 11.6. The van der Waals surface area contributed by atoms with Crippen LogP contribution in [0.1, 0.15) is 16.1 Å². The van der Waals surface area contributed by atoms with Gasteiger partial charge < -0.3 is 4.74 Å². The first-order chi connectivity index (χ1) is 10.7. The van der Waals surface area contributed by atoms with Gasteiger partial charge in [-0.15, -0.1) is 0 Å². The van der Waals surface area contributed by atoms with Gasteiger partial charge in [-0.25, -0.2) is 9.07 Å². The van der Waals surface area contributed by atoms with Gasteiger partial charge >= 0.3 is 0 Å². The van der Waals surface area contributed by atoms with E-state index in [4.69, 9.17) is 4.74 Å². The molecule has 0 N–H and O–H groups in total. The zero-order chi connectivity index (χ0) is 15.4. The molecule has 0 saturated carbocycles. The minimum atomic E-state index is -0.305. The molecule has 110 valence electrons. The standard InChI is InChI=1S/C17H13FN2O2/c18-14-2-1-3-16(10-14)20-9-8-15(19-20)12-22-17-6-4-13(11-21)5-7-17/h1-11H,12H2. The van der Waals surface area contributed by atoms with E-state index < -0.39 is 0 Å². The van der Waals surface area contributed by atoms with Crippen molar-refractivity contribution < 1.29 is 13.9 Å². The van der Waals surface area contributed by atoms with Gasteiger partial charge in [-0.2, -0.15) is 5.10 Å². The summed E-state index contributed by atoms with van der Waals surface area (Å²) < 4.78 is 20.4. The van der Waals surface area contributed by atoms with Gasteiger partial charge in [0.05, 0.1) is 5.69 Å². The van der Waals surface area contributed by atoms with Crippen molar-refractivity contribution in [3.05, 3.63) is 77.9 Å². The summed E-state index contributed by atoms with van der Waals surface area (Å²) in [4.78, 5) is 10.6. The molecule has 0 atom stereocenters. The van der Waals surface area contributed by atoms with Gasteiger partial charge in [0.25, 0.3) is 0 Å². The number of ether oxygens (including phenoxy) is 1. The maximum atomic E-state index is 13.2. The lowest BCUT2D eigenvalue weighted by molar-refractivity contribution is 0.112. The number of aromatic nitrogens is 2. The summed E-state index contributed by atoms with van der Waals surface area (Å²) in [5.74, 6) is 0.354. The van der Waals surface area contributed by atoms with E-state index in [0.717, 1.165) is 12.0 Å². The molecule has 3 rings (SSSR count). The molecule has 0 spiro atoms. The summed E-state index contributed by atoms with van der Waals surface area (Å²) >= 11 is 0. The molecule has 0 unspecified atom stereocenters. The third-order valence-corrected chi connectivity index (χ3v) is 3.12. The Bertz CT molecular complexity index is 781. The molecule has 1 aromatic heterocycles. The molecule has 0 radical (unpaired) electrons. The molecule has 22 heavy (non-hydrogen) atoms. The quantitative estimate of drug-likeness (QED) is 0.678. The number of carbonyl (C=O) groups excluding carboxylic acids is 1. The number of hydrogen-bond donors (Lipinski definition) is 0. The van der Waals surface area contributed by atoms with E-state index in [2.05, 4.69) is 5.10 Å². The van der Waals surface area contributed by atoms with Crippen LogP contribution >= 0.6 is 0 Å². The highest BCUT2D eigenvalue weighted by atomic mass is 19.1. The normalized spacial score (nSPS) is 10.4. The van der Waals surface area contributed by atoms with E-state index in [1.54, 1.807) is 47.3 Å². The maximum absolute atomic E-state index is 13.2. The number of nitrogens with zero attached hydrogens (tertiary/aromatic N) is 2. The Morgan fingerprint density at radius 3 is 2.68 bits per heavy atom. The number of rotatable bonds is 5. The Hall–Kier alpha value is -2.95. The molecule has 0 bridgehead atoms. The first-order valence-corrected chi connectivity index (χ1v) is 6.73. The fourth-order valence-electron chi connectivity index (χ4n) is 2.00. The third kappa shape index (κ3) is 3.20. The Balaban J connectivity index is 1.67. The number of carbonyl (C=O) groups is 1. The van der Waals surface area contributed by atoms with Crippen LogP contribution in [0.15, 0.2) is 60.8 Å². The lowest BCUT2D eigenvalue weighted by Crippen LogP contribution is -2.00. The molecule has 0 fully saturated rings. The minimum Gasteiger partial charge on any atom is -0.487 e. The predicted molar refractivity (Wildman–Crippen MR) is 79.7 cm³/mol. The second-order valence-corrected chi connectivity index (χ2v) is 4.71. The van der Waals surface area contributed by atoms with Crippen molar-refractivity contribution in [2.75, 3.05) is 0 Å². The van der Waals surface area contributed by atoms with Crippen LogP contribution in [0.3, 0.4) is 0 Å². The lowest BCUT2D eigenvalue weighted by atomic mass is 10.2. The van der Waals surface area contributed by atoms with Crippen LogP contribution < -0.4 is 4.74 Å². The van der Waals surface area contributed by atoms with Crippen molar-refractivity contribution in [1.29, 1.82) is 0 Å². The summed E-state index contributed by atoms with van der Waals surface area (Å²) in [5, 5.41) is 4.34. The van der Waals surface area contributed by atoms with Crippen molar-refractivity contribution in [3.63, 3.8) is 0 Å². The fourth-order valence-corrected chi connectivity index (χ4v) is 2.00. The number of benzene rings is 2. The van der Waals surface area contributed by atoms with Gasteiger partial charge in [0, 0.05) is 11.8 Å². The highest BCUT2D eigenvalue weighted by Gasteiger charge is 2.03. The van der Waals surface area contributed by atoms with E-state index >= 15 is 0 Å². The Morgan fingerprint density at radius 2 is 1.95 bits per heavy atom. The summed E-state index contributed by atoms with van der Waals surface area (Å²) in [7, 11) is 0. The van der Waals surface area contributed by atoms with Gasteiger partial charge in [0.1, 0.15) is 30.2 Å². The van der Waals surface area contributed by atoms with Crippen LogP contribution in [0.25, 0.3) is 5.69 Å². The van der Waals surface area contributed by atoms with Crippen molar-refractivity contribution in [2.24, 2.45) is 0 Å². The van der Waals surface area contributed by atoms with Crippen molar-refractivity contribution >= 4 is 6.29 Å². The minimum absolute atomic E-state index is 0.294. The van der Waals surface area contributed by atoms with E-state index in [0.29, 0.717) is 23.6 Å². The second kappa shape index (κ2) is 6.22.